The molecule has 0 aliphatic heterocycles. The van der Waals surface area contributed by atoms with Crippen LogP contribution in [0.5, 0.6) is 0 Å². The fourth-order valence-corrected chi connectivity index (χ4v) is 0.405. The minimum absolute atomic E-state index is 0.0741. The highest BCUT2D eigenvalue weighted by atomic mass is 16.2. The van der Waals surface area contributed by atoms with Crippen LogP contribution in [0.4, 0.5) is 0 Å². The summed E-state index contributed by atoms with van der Waals surface area (Å²) < 4.78 is 0. The number of carbonyl (C=O) groups is 1. The van der Waals surface area contributed by atoms with Gasteiger partial charge >= 0.3 is 0 Å². The Balaban J connectivity index is 3.76. The maximum atomic E-state index is 10.4. The van der Waals surface area contributed by atoms with Crippen molar-refractivity contribution in [3.8, 4) is 12.5 Å². The molecule has 0 saturated heterocycles. The van der Waals surface area contributed by atoms with E-state index in [0.29, 0.717) is 6.54 Å². The quantitative estimate of drug-likeness (QED) is 0.355. The predicted molar refractivity (Wildman–Crippen MR) is 31.9 cm³/mol. The SMILES string of the molecule is C#CN(CC)C(C)=O. The van der Waals surface area contributed by atoms with E-state index in [4.69, 9.17) is 6.42 Å². The molecule has 8 heavy (non-hydrogen) atoms. The fraction of sp³-hybridized carbons (Fsp3) is 0.500. The molecule has 0 N–H and O–H groups in total. The molecule has 0 aromatic carbocycles. The van der Waals surface area contributed by atoms with Crippen molar-refractivity contribution in [3.05, 3.63) is 0 Å². The summed E-state index contributed by atoms with van der Waals surface area (Å²) in [5.41, 5.74) is 0. The van der Waals surface area contributed by atoms with Gasteiger partial charge in [-0.15, -0.1) is 0 Å². The smallest absolute Gasteiger partial charge is 0.230 e. The van der Waals surface area contributed by atoms with Gasteiger partial charge in [0, 0.05) is 19.5 Å². The summed E-state index contributed by atoms with van der Waals surface area (Å²) in [5.74, 6) is -0.0741. The largest absolute Gasteiger partial charge is 0.274 e. The van der Waals surface area contributed by atoms with Crippen molar-refractivity contribution in [1.29, 1.82) is 0 Å². The number of amides is 1. The van der Waals surface area contributed by atoms with E-state index in [1.807, 2.05) is 6.92 Å². The van der Waals surface area contributed by atoms with Crippen molar-refractivity contribution in [2.75, 3.05) is 6.54 Å². The summed E-state index contributed by atoms with van der Waals surface area (Å²) in [6.07, 6.45) is 4.94. The average Bonchev–Trinajstić information content (AvgIpc) is 1.69. The summed E-state index contributed by atoms with van der Waals surface area (Å²) in [4.78, 5) is 11.7. The lowest BCUT2D eigenvalue weighted by molar-refractivity contribution is -0.125. The lowest BCUT2D eigenvalue weighted by Crippen LogP contribution is -2.22. The summed E-state index contributed by atoms with van der Waals surface area (Å²) in [5, 5.41) is 0. The molecule has 0 aliphatic carbocycles. The van der Waals surface area contributed by atoms with Gasteiger partial charge in [-0.05, 0) is 6.92 Å². The number of hydrogen-bond donors (Lipinski definition) is 0. The monoisotopic (exact) mass is 111 g/mol. The van der Waals surface area contributed by atoms with Crippen LogP contribution < -0.4 is 0 Å². The first-order valence-electron chi connectivity index (χ1n) is 2.46. The second kappa shape index (κ2) is 3.09. The highest BCUT2D eigenvalue weighted by Crippen LogP contribution is 1.82. The molecule has 0 atom stereocenters. The Hall–Kier alpha value is -0.970. The fourth-order valence-electron chi connectivity index (χ4n) is 0.405. The average molecular weight is 111 g/mol. The van der Waals surface area contributed by atoms with Crippen LogP contribution in [0.2, 0.25) is 0 Å². The number of nitrogens with zero attached hydrogens (tertiary/aromatic N) is 1. The van der Waals surface area contributed by atoms with Crippen molar-refractivity contribution in [2.45, 2.75) is 13.8 Å². The number of carbonyl (C=O) groups excluding carboxylic acids is 1. The molecule has 0 unspecified atom stereocenters. The molecular weight excluding hydrogens is 102 g/mol. The van der Waals surface area contributed by atoms with Crippen LogP contribution in [0.3, 0.4) is 0 Å². The molecule has 0 saturated carbocycles. The molecule has 0 heterocycles. The van der Waals surface area contributed by atoms with Crippen LogP contribution in [0.25, 0.3) is 0 Å². The molecule has 2 nitrogen and oxygen atoms in total. The van der Waals surface area contributed by atoms with Crippen LogP contribution in [0.15, 0.2) is 0 Å². The number of rotatable bonds is 1. The molecular formula is C6H9NO. The lowest BCUT2D eigenvalue weighted by Gasteiger charge is -2.07. The lowest BCUT2D eigenvalue weighted by atomic mass is 10.5. The van der Waals surface area contributed by atoms with Crippen LogP contribution in [-0.2, 0) is 4.79 Å². The van der Waals surface area contributed by atoms with Crippen LogP contribution in [0, 0.1) is 12.5 Å². The molecule has 0 aromatic heterocycles. The molecule has 0 radical (unpaired) electrons. The standard InChI is InChI=1S/C6H9NO/c1-4-7(5-2)6(3)8/h1H,5H2,2-3H3. The summed E-state index contributed by atoms with van der Waals surface area (Å²) in [7, 11) is 0. The molecule has 0 aromatic rings. The zero-order valence-corrected chi connectivity index (χ0v) is 5.14. The maximum absolute atomic E-state index is 10.4. The number of terminal acetylenes is 1. The van der Waals surface area contributed by atoms with Crippen molar-refractivity contribution in [3.63, 3.8) is 0 Å². The third-order valence-electron chi connectivity index (χ3n) is 0.852. The van der Waals surface area contributed by atoms with Crippen molar-refractivity contribution in [1.82, 2.24) is 4.90 Å². The van der Waals surface area contributed by atoms with Crippen molar-refractivity contribution in [2.24, 2.45) is 0 Å². The molecule has 0 fully saturated rings. The van der Waals surface area contributed by atoms with E-state index >= 15 is 0 Å². The molecule has 44 valence electrons. The Morgan fingerprint density at radius 3 is 2.38 bits per heavy atom. The van der Waals surface area contributed by atoms with Gasteiger partial charge in [0.15, 0.2) is 0 Å². The Bertz CT molecular complexity index is 123. The van der Waals surface area contributed by atoms with Gasteiger partial charge in [-0.1, -0.05) is 6.42 Å². The Morgan fingerprint density at radius 1 is 1.88 bits per heavy atom. The van der Waals surface area contributed by atoms with Gasteiger partial charge in [-0.25, -0.2) is 0 Å². The molecule has 0 bridgehead atoms. The molecule has 1 amide bonds. The number of hydrogen-bond acceptors (Lipinski definition) is 1. The van der Waals surface area contributed by atoms with Crippen LogP contribution in [0.1, 0.15) is 13.8 Å². The van der Waals surface area contributed by atoms with E-state index in [-0.39, 0.29) is 5.91 Å². The first-order chi connectivity index (χ1) is 3.72. The van der Waals surface area contributed by atoms with E-state index in [2.05, 4.69) is 6.04 Å². The Kier molecular flexibility index (Phi) is 2.71. The van der Waals surface area contributed by atoms with Gasteiger partial charge in [0.2, 0.25) is 5.91 Å². The van der Waals surface area contributed by atoms with Crippen molar-refractivity contribution >= 4 is 5.91 Å². The summed E-state index contributed by atoms with van der Waals surface area (Å²) in [6.45, 7) is 3.87. The van der Waals surface area contributed by atoms with Crippen LogP contribution >= 0.6 is 0 Å². The third kappa shape index (κ3) is 1.65. The van der Waals surface area contributed by atoms with Gasteiger partial charge in [0.1, 0.15) is 0 Å². The minimum Gasteiger partial charge on any atom is -0.274 e. The molecule has 0 rings (SSSR count). The summed E-state index contributed by atoms with van der Waals surface area (Å²) >= 11 is 0. The molecule has 0 aliphatic rings. The normalized spacial score (nSPS) is 7.62. The highest BCUT2D eigenvalue weighted by molar-refractivity contribution is 5.74. The van der Waals surface area contributed by atoms with Gasteiger partial charge in [0.05, 0.1) is 0 Å². The molecule has 0 spiro atoms. The van der Waals surface area contributed by atoms with E-state index < -0.39 is 0 Å². The van der Waals surface area contributed by atoms with Gasteiger partial charge in [-0.2, -0.15) is 0 Å². The Labute approximate surface area is 49.5 Å². The van der Waals surface area contributed by atoms with E-state index in [0.717, 1.165) is 0 Å². The topological polar surface area (TPSA) is 20.3 Å². The second-order valence-electron chi connectivity index (χ2n) is 1.39. The third-order valence-corrected chi connectivity index (χ3v) is 0.852. The Morgan fingerprint density at radius 2 is 2.38 bits per heavy atom. The van der Waals surface area contributed by atoms with Gasteiger partial charge in [-0.3, -0.25) is 9.69 Å². The molecule has 2 heteroatoms. The summed E-state index contributed by atoms with van der Waals surface area (Å²) in [6, 6.07) is 2.23. The van der Waals surface area contributed by atoms with E-state index in [1.54, 1.807) is 0 Å². The first kappa shape index (κ1) is 7.03. The second-order valence-corrected chi connectivity index (χ2v) is 1.39. The van der Waals surface area contributed by atoms with E-state index in [9.17, 15) is 4.79 Å². The van der Waals surface area contributed by atoms with Gasteiger partial charge in [0.25, 0.3) is 0 Å². The van der Waals surface area contributed by atoms with Crippen molar-refractivity contribution < 1.29 is 4.79 Å². The van der Waals surface area contributed by atoms with Gasteiger partial charge < -0.3 is 0 Å². The van der Waals surface area contributed by atoms with Crippen LogP contribution in [-0.4, -0.2) is 17.4 Å². The first-order valence-corrected chi connectivity index (χ1v) is 2.46. The predicted octanol–water partition coefficient (Wildman–Crippen LogP) is 0.446. The maximum Gasteiger partial charge on any atom is 0.230 e. The minimum atomic E-state index is -0.0741. The highest BCUT2D eigenvalue weighted by Gasteiger charge is 1.97. The zero-order chi connectivity index (χ0) is 6.57. The zero-order valence-electron chi connectivity index (χ0n) is 5.14. The van der Waals surface area contributed by atoms with E-state index in [1.165, 1.54) is 11.8 Å².